The summed E-state index contributed by atoms with van der Waals surface area (Å²) in [6, 6.07) is 5.69. The Bertz CT molecular complexity index is 893. The minimum absolute atomic E-state index is 0.0602. The molecule has 7 nitrogen and oxygen atoms in total. The van der Waals surface area contributed by atoms with Gasteiger partial charge in [0.1, 0.15) is 29.8 Å². The van der Waals surface area contributed by atoms with Crippen LogP contribution in [-0.4, -0.2) is 53.0 Å². The van der Waals surface area contributed by atoms with E-state index in [4.69, 9.17) is 17.3 Å². The molecule has 2 saturated heterocycles. The number of hydrogen-bond acceptors (Lipinski definition) is 6. The topological polar surface area (TPSA) is 87.4 Å². The van der Waals surface area contributed by atoms with Crippen LogP contribution in [0.3, 0.4) is 0 Å². The minimum atomic E-state index is -0.419. The van der Waals surface area contributed by atoms with Crippen molar-refractivity contribution in [1.29, 1.82) is 0 Å². The van der Waals surface area contributed by atoms with Crippen LogP contribution in [0.4, 0.5) is 21.7 Å². The number of halogens is 2. The molecule has 2 aromatic rings. The molecule has 2 aliphatic heterocycles. The summed E-state index contributed by atoms with van der Waals surface area (Å²) in [4.78, 5) is 25.5. The van der Waals surface area contributed by atoms with Crippen LogP contribution in [0.1, 0.15) is 25.7 Å². The van der Waals surface area contributed by atoms with Gasteiger partial charge in [0.05, 0.1) is 0 Å². The zero-order valence-corrected chi connectivity index (χ0v) is 17.5. The number of benzene rings is 1. The lowest BCUT2D eigenvalue weighted by molar-refractivity contribution is -0.135. The van der Waals surface area contributed by atoms with Crippen molar-refractivity contribution in [2.45, 2.75) is 31.7 Å². The summed E-state index contributed by atoms with van der Waals surface area (Å²) in [6.07, 6.45) is 5.22. The first-order valence-corrected chi connectivity index (χ1v) is 10.7. The Kier molecular flexibility index (Phi) is 6.22. The van der Waals surface area contributed by atoms with Crippen molar-refractivity contribution in [3.63, 3.8) is 0 Å². The molecule has 4 rings (SSSR count). The molecular formula is C21H26ClFN6O. The molecule has 2 atom stereocenters. The maximum absolute atomic E-state index is 13.6. The summed E-state index contributed by atoms with van der Waals surface area (Å²) >= 11 is 5.94. The highest BCUT2D eigenvalue weighted by atomic mass is 35.5. The summed E-state index contributed by atoms with van der Waals surface area (Å²) in [7, 11) is 0. The third-order valence-corrected chi connectivity index (χ3v) is 5.95. The zero-order valence-electron chi connectivity index (χ0n) is 16.7. The molecule has 30 heavy (non-hydrogen) atoms. The first-order valence-electron chi connectivity index (χ1n) is 10.3. The van der Waals surface area contributed by atoms with Crippen molar-refractivity contribution >= 4 is 34.8 Å². The van der Waals surface area contributed by atoms with Crippen LogP contribution in [0.5, 0.6) is 0 Å². The van der Waals surface area contributed by atoms with E-state index in [0.717, 1.165) is 51.1 Å². The third-order valence-electron chi connectivity index (χ3n) is 5.73. The Balaban J connectivity index is 1.38. The van der Waals surface area contributed by atoms with Gasteiger partial charge in [-0.05, 0) is 49.8 Å². The maximum Gasteiger partial charge on any atom is 0.245 e. The molecule has 3 N–H and O–H groups in total. The first kappa shape index (κ1) is 20.7. The second-order valence-electron chi connectivity index (χ2n) is 8.04. The number of aromatic nitrogens is 2. The predicted octanol–water partition coefficient (Wildman–Crippen LogP) is 3.17. The summed E-state index contributed by atoms with van der Waals surface area (Å²) in [5, 5.41) is 3.47. The Morgan fingerprint density at radius 1 is 1.17 bits per heavy atom. The fourth-order valence-corrected chi connectivity index (χ4v) is 4.58. The smallest absolute Gasteiger partial charge is 0.245 e. The van der Waals surface area contributed by atoms with E-state index >= 15 is 0 Å². The molecule has 1 aromatic carbocycles. The van der Waals surface area contributed by atoms with Crippen LogP contribution in [0.15, 0.2) is 30.6 Å². The molecule has 1 amide bonds. The molecule has 1 aromatic heterocycles. The van der Waals surface area contributed by atoms with E-state index in [9.17, 15) is 9.18 Å². The van der Waals surface area contributed by atoms with Crippen molar-refractivity contribution in [1.82, 2.24) is 14.9 Å². The molecule has 2 fully saturated rings. The van der Waals surface area contributed by atoms with Gasteiger partial charge in [-0.25, -0.2) is 14.4 Å². The van der Waals surface area contributed by atoms with Crippen LogP contribution in [0.2, 0.25) is 5.02 Å². The largest absolute Gasteiger partial charge is 0.384 e. The first-order chi connectivity index (χ1) is 14.5. The Morgan fingerprint density at radius 2 is 2.00 bits per heavy atom. The van der Waals surface area contributed by atoms with Gasteiger partial charge in [0.2, 0.25) is 5.91 Å². The van der Waals surface area contributed by atoms with Crippen molar-refractivity contribution in [3.8, 4) is 0 Å². The Hall–Kier alpha value is -2.61. The number of nitrogens with two attached hydrogens (primary N) is 1. The molecule has 3 heterocycles. The van der Waals surface area contributed by atoms with Crippen LogP contribution in [0, 0.1) is 11.7 Å². The lowest BCUT2D eigenvalue weighted by atomic mass is 9.95. The minimum Gasteiger partial charge on any atom is -0.384 e. The molecule has 2 aliphatic rings. The fourth-order valence-electron chi connectivity index (χ4n) is 4.36. The van der Waals surface area contributed by atoms with Gasteiger partial charge in [-0.15, -0.1) is 0 Å². The summed E-state index contributed by atoms with van der Waals surface area (Å²) in [5.74, 6) is 1.29. The molecule has 1 unspecified atom stereocenters. The van der Waals surface area contributed by atoms with Crippen molar-refractivity contribution in [2.24, 2.45) is 5.92 Å². The lowest BCUT2D eigenvalue weighted by Crippen LogP contribution is -2.51. The molecule has 0 spiro atoms. The van der Waals surface area contributed by atoms with Crippen molar-refractivity contribution in [3.05, 3.63) is 41.4 Å². The average molecular weight is 433 g/mol. The molecule has 0 saturated carbocycles. The summed E-state index contributed by atoms with van der Waals surface area (Å²) in [6.45, 7) is 3.21. The maximum atomic E-state index is 13.6. The third kappa shape index (κ3) is 4.92. The van der Waals surface area contributed by atoms with E-state index in [-0.39, 0.29) is 11.9 Å². The number of carbonyl (C=O) groups is 1. The fraction of sp³-hybridized carbons (Fsp3) is 0.476. The van der Waals surface area contributed by atoms with E-state index in [0.29, 0.717) is 29.0 Å². The van der Waals surface area contributed by atoms with E-state index < -0.39 is 5.82 Å². The second kappa shape index (κ2) is 9.04. The number of amides is 1. The Morgan fingerprint density at radius 3 is 2.80 bits per heavy atom. The molecule has 0 bridgehead atoms. The predicted molar refractivity (Wildman–Crippen MR) is 116 cm³/mol. The second-order valence-corrected chi connectivity index (χ2v) is 8.47. The monoisotopic (exact) mass is 432 g/mol. The van der Waals surface area contributed by atoms with E-state index in [2.05, 4.69) is 20.2 Å². The summed E-state index contributed by atoms with van der Waals surface area (Å²) < 4.78 is 13.6. The van der Waals surface area contributed by atoms with Gasteiger partial charge in [0, 0.05) is 43.0 Å². The molecule has 160 valence electrons. The van der Waals surface area contributed by atoms with Gasteiger partial charge in [-0.2, -0.15) is 0 Å². The quantitative estimate of drug-likeness (QED) is 0.754. The van der Waals surface area contributed by atoms with Crippen LogP contribution < -0.4 is 16.0 Å². The van der Waals surface area contributed by atoms with E-state index in [1.807, 2.05) is 4.90 Å². The van der Waals surface area contributed by atoms with E-state index in [1.165, 1.54) is 18.5 Å². The molecular weight excluding hydrogens is 407 g/mol. The van der Waals surface area contributed by atoms with Crippen LogP contribution in [-0.2, 0) is 4.79 Å². The number of nitrogens with one attached hydrogen (secondary N) is 1. The summed E-state index contributed by atoms with van der Waals surface area (Å²) in [5.41, 5.74) is 6.33. The number of carbonyl (C=O) groups excluding carboxylic acids is 1. The van der Waals surface area contributed by atoms with Gasteiger partial charge in [0.15, 0.2) is 0 Å². The number of nitrogens with zero attached hydrogens (tertiary/aromatic N) is 4. The van der Waals surface area contributed by atoms with Gasteiger partial charge >= 0.3 is 0 Å². The number of rotatable bonds is 5. The highest BCUT2D eigenvalue weighted by Crippen LogP contribution is 2.26. The number of likely N-dealkylation sites (tertiary alicyclic amines) is 1. The van der Waals surface area contributed by atoms with Crippen LogP contribution >= 0.6 is 11.6 Å². The van der Waals surface area contributed by atoms with Crippen molar-refractivity contribution in [2.75, 3.05) is 42.1 Å². The number of anilines is 3. The number of nitrogen functional groups attached to an aromatic ring is 1. The number of piperidine rings is 2. The zero-order chi connectivity index (χ0) is 21.1. The highest BCUT2D eigenvalue weighted by molar-refractivity contribution is 6.30. The van der Waals surface area contributed by atoms with Crippen LogP contribution in [0.25, 0.3) is 0 Å². The van der Waals surface area contributed by atoms with Gasteiger partial charge in [-0.3, -0.25) is 4.79 Å². The molecule has 0 radical (unpaired) electrons. The standard InChI is InChI=1S/C21H26ClFN6O/c22-15-7-16(23)9-17(8-15)27-18-4-2-6-29(21(18)30)12-14-3-1-5-28(11-14)20-10-19(24)25-13-26-20/h7-10,13-14,18,27H,1-6,11-12H2,(H2,24,25,26)/t14-,18?/m1/s1. The van der Waals surface area contributed by atoms with Gasteiger partial charge < -0.3 is 20.9 Å². The molecule has 9 heteroatoms. The normalized spacial score (nSPS) is 22.3. The average Bonchev–Trinajstić information content (AvgIpc) is 2.70. The molecule has 0 aliphatic carbocycles. The van der Waals surface area contributed by atoms with Gasteiger partial charge in [-0.1, -0.05) is 11.6 Å². The van der Waals surface area contributed by atoms with Gasteiger partial charge in [0.25, 0.3) is 0 Å². The number of hydrogen-bond donors (Lipinski definition) is 2. The van der Waals surface area contributed by atoms with Crippen molar-refractivity contribution < 1.29 is 9.18 Å². The lowest BCUT2D eigenvalue weighted by Gasteiger charge is -2.39. The SMILES string of the molecule is Nc1cc(N2CCC[C@@H](CN3CCCC(Nc4cc(F)cc(Cl)c4)C3=O)C2)ncn1. The highest BCUT2D eigenvalue weighted by Gasteiger charge is 2.31. The van der Waals surface area contributed by atoms with E-state index in [1.54, 1.807) is 12.1 Å². The Labute approximate surface area is 180 Å².